The van der Waals surface area contributed by atoms with Crippen LogP contribution >= 0.6 is 0 Å². The van der Waals surface area contributed by atoms with Gasteiger partial charge in [0.15, 0.2) is 0 Å². The van der Waals surface area contributed by atoms with Gasteiger partial charge in [0.2, 0.25) is 0 Å². The summed E-state index contributed by atoms with van der Waals surface area (Å²) in [6, 6.07) is 3.19. The Bertz CT molecular complexity index is 477. The fourth-order valence-electron chi connectivity index (χ4n) is 1.65. The molecule has 0 unspecified atom stereocenters. The molecule has 0 aliphatic heterocycles. The van der Waals surface area contributed by atoms with Crippen LogP contribution in [0.15, 0.2) is 16.9 Å². The first-order valence-electron chi connectivity index (χ1n) is 6.11. The van der Waals surface area contributed by atoms with Gasteiger partial charge < -0.3 is 5.11 Å². The van der Waals surface area contributed by atoms with Gasteiger partial charge in [-0.1, -0.05) is 6.42 Å². The first kappa shape index (κ1) is 14.4. The summed E-state index contributed by atoms with van der Waals surface area (Å²) in [5.74, 6) is -0.784. The number of nitrogens with zero attached hydrogens (tertiary/aromatic N) is 2. The average molecular weight is 252 g/mol. The number of aryl methyl sites for hydroxylation is 2. The molecule has 0 saturated heterocycles. The van der Waals surface area contributed by atoms with Crippen molar-refractivity contribution in [3.63, 3.8) is 0 Å². The van der Waals surface area contributed by atoms with Crippen molar-refractivity contribution in [2.75, 3.05) is 0 Å². The van der Waals surface area contributed by atoms with Crippen molar-refractivity contribution in [1.29, 1.82) is 0 Å². The summed E-state index contributed by atoms with van der Waals surface area (Å²) in [6.45, 7) is 5.80. The van der Waals surface area contributed by atoms with E-state index in [1.165, 1.54) is 10.7 Å². The maximum atomic E-state index is 11.5. The van der Waals surface area contributed by atoms with Crippen molar-refractivity contribution in [2.24, 2.45) is 5.41 Å². The quantitative estimate of drug-likeness (QED) is 0.784. The fraction of sp³-hybridized carbons (Fsp3) is 0.615. The highest BCUT2D eigenvalue weighted by atomic mass is 16.4. The molecule has 1 aromatic heterocycles. The minimum Gasteiger partial charge on any atom is -0.481 e. The minimum absolute atomic E-state index is 0.113. The van der Waals surface area contributed by atoms with Crippen LogP contribution in [-0.4, -0.2) is 20.9 Å². The van der Waals surface area contributed by atoms with Crippen molar-refractivity contribution >= 4 is 5.97 Å². The van der Waals surface area contributed by atoms with Crippen LogP contribution in [0.5, 0.6) is 0 Å². The van der Waals surface area contributed by atoms with Crippen LogP contribution in [0.3, 0.4) is 0 Å². The van der Waals surface area contributed by atoms with Gasteiger partial charge in [-0.25, -0.2) is 4.68 Å². The second-order valence-electron chi connectivity index (χ2n) is 5.18. The van der Waals surface area contributed by atoms with Crippen molar-refractivity contribution in [1.82, 2.24) is 9.78 Å². The van der Waals surface area contributed by atoms with Gasteiger partial charge in [-0.2, -0.15) is 5.10 Å². The molecule has 0 atom stereocenters. The SMILES string of the molecule is Cc1ccc(=O)n(CCCCC(C)(C)C(=O)O)n1. The van der Waals surface area contributed by atoms with Crippen LogP contribution in [0.2, 0.25) is 0 Å². The summed E-state index contributed by atoms with van der Waals surface area (Å²) in [7, 11) is 0. The zero-order chi connectivity index (χ0) is 13.8. The lowest BCUT2D eigenvalue weighted by molar-refractivity contribution is -0.147. The van der Waals surface area contributed by atoms with Gasteiger partial charge in [-0.3, -0.25) is 9.59 Å². The van der Waals surface area contributed by atoms with Crippen LogP contribution in [-0.2, 0) is 11.3 Å². The summed E-state index contributed by atoms with van der Waals surface area (Å²) < 4.78 is 1.43. The molecule has 0 fully saturated rings. The van der Waals surface area contributed by atoms with Gasteiger partial charge in [0.25, 0.3) is 5.56 Å². The highest BCUT2D eigenvalue weighted by molar-refractivity contribution is 5.73. The summed E-state index contributed by atoms with van der Waals surface area (Å²) in [5, 5.41) is 13.1. The van der Waals surface area contributed by atoms with Crippen molar-refractivity contribution in [3.05, 3.63) is 28.2 Å². The first-order valence-corrected chi connectivity index (χ1v) is 6.11. The van der Waals surface area contributed by atoms with Gasteiger partial charge >= 0.3 is 5.97 Å². The van der Waals surface area contributed by atoms with Crippen molar-refractivity contribution in [2.45, 2.75) is 46.6 Å². The maximum absolute atomic E-state index is 11.5. The molecular weight excluding hydrogens is 232 g/mol. The molecule has 0 aromatic carbocycles. The lowest BCUT2D eigenvalue weighted by Crippen LogP contribution is -2.25. The Morgan fingerprint density at radius 2 is 2.06 bits per heavy atom. The third-order valence-corrected chi connectivity index (χ3v) is 3.00. The van der Waals surface area contributed by atoms with E-state index in [1.807, 2.05) is 6.92 Å². The summed E-state index contributed by atoms with van der Waals surface area (Å²) in [4.78, 5) is 22.4. The first-order chi connectivity index (χ1) is 8.33. The summed E-state index contributed by atoms with van der Waals surface area (Å²) in [5.41, 5.74) is -0.0103. The number of carboxylic acids is 1. The lowest BCUT2D eigenvalue weighted by atomic mass is 9.87. The zero-order valence-electron chi connectivity index (χ0n) is 11.1. The molecule has 5 nitrogen and oxygen atoms in total. The highest BCUT2D eigenvalue weighted by Crippen LogP contribution is 2.23. The smallest absolute Gasteiger partial charge is 0.309 e. The molecule has 5 heteroatoms. The topological polar surface area (TPSA) is 72.2 Å². The molecule has 18 heavy (non-hydrogen) atoms. The fourth-order valence-corrected chi connectivity index (χ4v) is 1.65. The number of hydrogen-bond donors (Lipinski definition) is 1. The van der Waals surface area contributed by atoms with Crippen molar-refractivity contribution in [3.8, 4) is 0 Å². The van der Waals surface area contributed by atoms with E-state index in [1.54, 1.807) is 19.9 Å². The van der Waals surface area contributed by atoms with E-state index in [2.05, 4.69) is 5.10 Å². The molecule has 1 heterocycles. The number of carboxylic acid groups (broad SMARTS) is 1. The minimum atomic E-state index is -0.784. The van der Waals surface area contributed by atoms with E-state index in [-0.39, 0.29) is 5.56 Å². The molecule has 0 radical (unpaired) electrons. The normalized spacial score (nSPS) is 11.5. The van der Waals surface area contributed by atoms with Crippen LogP contribution in [0.25, 0.3) is 0 Å². The van der Waals surface area contributed by atoms with Gasteiger partial charge in [-0.15, -0.1) is 0 Å². The Morgan fingerprint density at radius 1 is 1.39 bits per heavy atom. The number of unbranched alkanes of at least 4 members (excludes halogenated alkanes) is 1. The molecule has 0 aliphatic carbocycles. The predicted octanol–water partition coefficient (Wildman–Crippen LogP) is 1.83. The van der Waals surface area contributed by atoms with Crippen LogP contribution in [0, 0.1) is 12.3 Å². The maximum Gasteiger partial charge on any atom is 0.309 e. The van der Waals surface area contributed by atoms with Gasteiger partial charge in [0.05, 0.1) is 11.1 Å². The third kappa shape index (κ3) is 3.98. The predicted molar refractivity (Wildman–Crippen MR) is 68.5 cm³/mol. The van der Waals surface area contributed by atoms with E-state index in [9.17, 15) is 9.59 Å². The lowest BCUT2D eigenvalue weighted by Gasteiger charge is -2.18. The molecule has 1 N–H and O–H groups in total. The summed E-state index contributed by atoms with van der Waals surface area (Å²) in [6.07, 6.45) is 2.12. The molecule has 1 aromatic rings. The zero-order valence-corrected chi connectivity index (χ0v) is 11.1. The molecule has 0 spiro atoms. The van der Waals surface area contributed by atoms with Crippen molar-refractivity contribution < 1.29 is 9.90 Å². The number of carbonyl (C=O) groups is 1. The number of aliphatic carboxylic acids is 1. The Balaban J connectivity index is 2.45. The van der Waals surface area contributed by atoms with E-state index in [0.29, 0.717) is 13.0 Å². The van der Waals surface area contributed by atoms with E-state index >= 15 is 0 Å². The number of aromatic nitrogens is 2. The Labute approximate surface area is 106 Å². The monoisotopic (exact) mass is 252 g/mol. The molecule has 0 bridgehead atoms. The average Bonchev–Trinajstić information content (AvgIpc) is 2.28. The van der Waals surface area contributed by atoms with Gasteiger partial charge in [0, 0.05) is 12.6 Å². The molecule has 1 rings (SSSR count). The Kier molecular flexibility index (Phi) is 4.64. The van der Waals surface area contributed by atoms with E-state index in [4.69, 9.17) is 5.11 Å². The number of rotatable bonds is 6. The molecule has 0 amide bonds. The van der Waals surface area contributed by atoms with Gasteiger partial charge in [-0.05, 0) is 39.7 Å². The standard InChI is InChI=1S/C13H20N2O3/c1-10-6-7-11(16)15(14-10)9-5-4-8-13(2,3)12(17)18/h6-7H,4-5,8-9H2,1-3H3,(H,17,18). The molecule has 0 aliphatic rings. The largest absolute Gasteiger partial charge is 0.481 e. The van der Waals surface area contributed by atoms with E-state index in [0.717, 1.165) is 18.5 Å². The summed E-state index contributed by atoms with van der Waals surface area (Å²) >= 11 is 0. The third-order valence-electron chi connectivity index (χ3n) is 3.00. The highest BCUT2D eigenvalue weighted by Gasteiger charge is 2.25. The second kappa shape index (κ2) is 5.80. The van der Waals surface area contributed by atoms with Gasteiger partial charge in [0.1, 0.15) is 0 Å². The van der Waals surface area contributed by atoms with Crippen LogP contribution in [0.1, 0.15) is 38.8 Å². The van der Waals surface area contributed by atoms with Crippen LogP contribution in [0.4, 0.5) is 0 Å². The molecular formula is C13H20N2O3. The molecule has 0 saturated carbocycles. The Morgan fingerprint density at radius 3 is 2.67 bits per heavy atom. The van der Waals surface area contributed by atoms with E-state index < -0.39 is 11.4 Å². The second-order valence-corrected chi connectivity index (χ2v) is 5.18. The number of hydrogen-bond acceptors (Lipinski definition) is 3. The molecule has 100 valence electrons. The Hall–Kier alpha value is -1.65. The van der Waals surface area contributed by atoms with Crippen LogP contribution < -0.4 is 5.56 Å².